The lowest BCUT2D eigenvalue weighted by atomic mass is 10.1. The van der Waals surface area contributed by atoms with Crippen LogP contribution in [-0.2, 0) is 4.79 Å². The summed E-state index contributed by atoms with van der Waals surface area (Å²) in [7, 11) is 0. The lowest BCUT2D eigenvalue weighted by Crippen LogP contribution is -2.32. The number of aryl methyl sites for hydroxylation is 1. The monoisotopic (exact) mass is 351 g/mol. The van der Waals surface area contributed by atoms with E-state index in [0.29, 0.717) is 27.9 Å². The molecule has 0 fully saturated rings. The second kappa shape index (κ2) is 7.71. The predicted molar refractivity (Wildman–Crippen MR) is 95.7 cm³/mol. The third-order valence-corrected chi connectivity index (χ3v) is 4.43. The average molecular weight is 352 g/mol. The van der Waals surface area contributed by atoms with Gasteiger partial charge in [-0.15, -0.1) is 0 Å². The summed E-state index contributed by atoms with van der Waals surface area (Å²) in [6, 6.07) is 10.8. The molecule has 2 aromatic carbocycles. The topological polar surface area (TPSA) is 38.3 Å². The predicted octanol–water partition coefficient (Wildman–Crippen LogP) is 5.41. The molecule has 3 nitrogen and oxygen atoms in total. The van der Waals surface area contributed by atoms with Gasteiger partial charge in [0.2, 0.25) is 0 Å². The van der Waals surface area contributed by atoms with E-state index in [1.54, 1.807) is 24.3 Å². The number of benzene rings is 2. The summed E-state index contributed by atoms with van der Waals surface area (Å²) in [6.45, 7) is 5.66. The Balaban J connectivity index is 2.12. The van der Waals surface area contributed by atoms with Gasteiger partial charge >= 0.3 is 0 Å². The maximum atomic E-state index is 12.5. The molecule has 0 aliphatic heterocycles. The number of rotatable bonds is 5. The largest absolute Gasteiger partial charge is 0.481 e. The van der Waals surface area contributed by atoms with Gasteiger partial charge in [0.25, 0.3) is 5.91 Å². The van der Waals surface area contributed by atoms with Crippen LogP contribution in [0.15, 0.2) is 36.4 Å². The van der Waals surface area contributed by atoms with Crippen LogP contribution in [0.5, 0.6) is 5.75 Å². The molecular weight excluding hydrogens is 333 g/mol. The second-order valence-corrected chi connectivity index (χ2v) is 6.14. The van der Waals surface area contributed by atoms with E-state index in [9.17, 15) is 4.79 Å². The third kappa shape index (κ3) is 4.40. The minimum Gasteiger partial charge on any atom is -0.481 e. The van der Waals surface area contributed by atoms with Crippen molar-refractivity contribution in [2.75, 3.05) is 5.32 Å². The summed E-state index contributed by atoms with van der Waals surface area (Å²) in [6.07, 6.45) is -0.0402. The summed E-state index contributed by atoms with van der Waals surface area (Å²) < 4.78 is 5.80. The third-order valence-electron chi connectivity index (χ3n) is 3.60. The zero-order valence-electron chi connectivity index (χ0n) is 13.3. The molecule has 1 atom stereocenters. The number of hydrogen-bond acceptors (Lipinski definition) is 2. The normalized spacial score (nSPS) is 11.9. The average Bonchev–Trinajstić information content (AvgIpc) is 2.52. The van der Waals surface area contributed by atoms with Crippen molar-refractivity contribution in [3.63, 3.8) is 0 Å². The van der Waals surface area contributed by atoms with E-state index in [4.69, 9.17) is 27.9 Å². The molecule has 0 aliphatic rings. The minimum absolute atomic E-state index is 0.203. The van der Waals surface area contributed by atoms with Crippen LogP contribution in [0.3, 0.4) is 0 Å². The van der Waals surface area contributed by atoms with Gasteiger partial charge in [-0.05, 0) is 61.7 Å². The van der Waals surface area contributed by atoms with E-state index in [0.717, 1.165) is 11.1 Å². The van der Waals surface area contributed by atoms with Crippen LogP contribution in [-0.4, -0.2) is 12.0 Å². The lowest BCUT2D eigenvalue weighted by molar-refractivity contribution is -0.122. The smallest absolute Gasteiger partial charge is 0.265 e. The molecule has 0 aromatic heterocycles. The van der Waals surface area contributed by atoms with Crippen molar-refractivity contribution in [3.05, 3.63) is 57.6 Å². The number of carbonyl (C=O) groups excluding carboxylic acids is 1. The molecule has 0 saturated carbocycles. The Morgan fingerprint density at radius 3 is 2.57 bits per heavy atom. The number of anilines is 1. The van der Waals surface area contributed by atoms with Crippen molar-refractivity contribution in [1.29, 1.82) is 0 Å². The Labute approximate surface area is 146 Å². The number of nitrogens with one attached hydrogen (secondary N) is 1. The molecule has 0 saturated heterocycles. The van der Waals surface area contributed by atoms with Crippen LogP contribution in [0, 0.1) is 13.8 Å². The quantitative estimate of drug-likeness (QED) is 0.782. The fraction of sp³-hybridized carbons (Fsp3) is 0.278. The highest BCUT2D eigenvalue weighted by Crippen LogP contribution is 2.25. The van der Waals surface area contributed by atoms with Gasteiger partial charge in [-0.2, -0.15) is 0 Å². The van der Waals surface area contributed by atoms with Gasteiger partial charge in [0.15, 0.2) is 6.10 Å². The first kappa shape index (κ1) is 17.6. The number of carbonyl (C=O) groups is 1. The van der Waals surface area contributed by atoms with Crippen molar-refractivity contribution < 1.29 is 9.53 Å². The molecule has 1 amide bonds. The summed E-state index contributed by atoms with van der Waals surface area (Å²) in [5.41, 5.74) is 2.43. The van der Waals surface area contributed by atoms with Crippen molar-refractivity contribution in [2.24, 2.45) is 0 Å². The number of amides is 1. The van der Waals surface area contributed by atoms with E-state index in [1.165, 1.54) is 0 Å². The van der Waals surface area contributed by atoms with Crippen molar-refractivity contribution in [1.82, 2.24) is 0 Å². The Morgan fingerprint density at radius 2 is 1.91 bits per heavy atom. The van der Waals surface area contributed by atoms with E-state index in [-0.39, 0.29) is 5.91 Å². The van der Waals surface area contributed by atoms with Crippen LogP contribution in [0.2, 0.25) is 10.0 Å². The lowest BCUT2D eigenvalue weighted by Gasteiger charge is -2.18. The molecule has 0 aliphatic carbocycles. The molecule has 1 N–H and O–H groups in total. The standard InChI is InChI=1S/C18H19Cl2NO2/c1-4-17(23-13-8-9-14(19)11(2)10-13)18(22)21-16-7-5-6-15(20)12(16)3/h5-10,17H,4H2,1-3H3,(H,21,22). The Hall–Kier alpha value is -1.71. The molecule has 0 bridgehead atoms. The first-order chi connectivity index (χ1) is 10.9. The van der Waals surface area contributed by atoms with Crippen molar-refractivity contribution >= 4 is 34.8 Å². The van der Waals surface area contributed by atoms with Crippen LogP contribution in [0.4, 0.5) is 5.69 Å². The highest BCUT2D eigenvalue weighted by molar-refractivity contribution is 6.32. The molecular formula is C18H19Cl2NO2. The maximum Gasteiger partial charge on any atom is 0.265 e. The number of halogens is 2. The first-order valence-corrected chi connectivity index (χ1v) is 8.16. The number of hydrogen-bond donors (Lipinski definition) is 1. The van der Waals surface area contributed by atoms with E-state index < -0.39 is 6.10 Å². The second-order valence-electron chi connectivity index (χ2n) is 5.33. The Bertz CT molecular complexity index is 716. The highest BCUT2D eigenvalue weighted by atomic mass is 35.5. The van der Waals surface area contributed by atoms with Gasteiger partial charge in [-0.3, -0.25) is 4.79 Å². The van der Waals surface area contributed by atoms with Crippen molar-refractivity contribution in [3.8, 4) is 5.75 Å². The van der Waals surface area contributed by atoms with Gasteiger partial charge in [-0.25, -0.2) is 0 Å². The summed E-state index contributed by atoms with van der Waals surface area (Å²) in [5, 5.41) is 4.16. The van der Waals surface area contributed by atoms with Crippen LogP contribution in [0.25, 0.3) is 0 Å². The highest BCUT2D eigenvalue weighted by Gasteiger charge is 2.19. The Morgan fingerprint density at radius 1 is 1.17 bits per heavy atom. The molecule has 0 radical (unpaired) electrons. The van der Waals surface area contributed by atoms with Crippen molar-refractivity contribution in [2.45, 2.75) is 33.3 Å². The van der Waals surface area contributed by atoms with Gasteiger partial charge in [0, 0.05) is 15.7 Å². The molecule has 2 rings (SSSR count). The van der Waals surface area contributed by atoms with Crippen LogP contribution in [0.1, 0.15) is 24.5 Å². The van der Waals surface area contributed by atoms with Crippen LogP contribution >= 0.6 is 23.2 Å². The molecule has 2 aromatic rings. The maximum absolute atomic E-state index is 12.5. The summed E-state index contributed by atoms with van der Waals surface area (Å²) in [4.78, 5) is 12.5. The fourth-order valence-electron chi connectivity index (χ4n) is 2.13. The minimum atomic E-state index is -0.589. The van der Waals surface area contributed by atoms with Crippen LogP contribution < -0.4 is 10.1 Å². The van der Waals surface area contributed by atoms with E-state index >= 15 is 0 Å². The molecule has 122 valence electrons. The summed E-state index contributed by atoms with van der Waals surface area (Å²) in [5.74, 6) is 0.419. The molecule has 0 heterocycles. The number of ether oxygens (including phenoxy) is 1. The first-order valence-electron chi connectivity index (χ1n) is 7.41. The zero-order valence-corrected chi connectivity index (χ0v) is 14.8. The van der Waals surface area contributed by atoms with Gasteiger partial charge in [0.1, 0.15) is 5.75 Å². The molecule has 1 unspecified atom stereocenters. The van der Waals surface area contributed by atoms with E-state index in [2.05, 4.69) is 5.32 Å². The SMILES string of the molecule is CCC(Oc1ccc(Cl)c(C)c1)C(=O)Nc1cccc(Cl)c1C. The zero-order chi connectivity index (χ0) is 17.0. The molecule has 5 heteroatoms. The van der Waals surface area contributed by atoms with Gasteiger partial charge < -0.3 is 10.1 Å². The molecule has 23 heavy (non-hydrogen) atoms. The van der Waals surface area contributed by atoms with E-state index in [1.807, 2.05) is 32.9 Å². The molecule has 0 spiro atoms. The Kier molecular flexibility index (Phi) is 5.91. The van der Waals surface area contributed by atoms with Gasteiger partial charge in [-0.1, -0.05) is 36.2 Å². The summed E-state index contributed by atoms with van der Waals surface area (Å²) >= 11 is 12.1. The fourth-order valence-corrected chi connectivity index (χ4v) is 2.43. The van der Waals surface area contributed by atoms with Gasteiger partial charge in [0.05, 0.1) is 0 Å².